The maximum atomic E-state index is 13.6. The number of nitrogens with one attached hydrogen (secondary N) is 1. The van der Waals surface area contributed by atoms with Crippen molar-refractivity contribution in [2.24, 2.45) is 0 Å². The van der Waals surface area contributed by atoms with E-state index in [-0.39, 0.29) is 18.1 Å². The summed E-state index contributed by atoms with van der Waals surface area (Å²) in [6, 6.07) is 7.80. The molecule has 1 aromatic carbocycles. The zero-order valence-corrected chi connectivity index (χ0v) is 13.6. The van der Waals surface area contributed by atoms with Gasteiger partial charge in [0.05, 0.1) is 0 Å². The quantitative estimate of drug-likeness (QED) is 0.814. The van der Waals surface area contributed by atoms with E-state index in [4.69, 9.17) is 0 Å². The van der Waals surface area contributed by atoms with E-state index in [0.29, 0.717) is 37.7 Å². The molecule has 8 heteroatoms. The molecule has 7 nitrogen and oxygen atoms in total. The molecule has 25 heavy (non-hydrogen) atoms. The molecule has 1 aliphatic rings. The Hall–Kier alpha value is -3.03. The summed E-state index contributed by atoms with van der Waals surface area (Å²) in [5, 5.41) is 2.66. The predicted octanol–water partition coefficient (Wildman–Crippen LogP) is 0.824. The van der Waals surface area contributed by atoms with Crippen molar-refractivity contribution in [2.75, 3.05) is 31.1 Å². The average molecular weight is 343 g/mol. The molecule has 0 aliphatic carbocycles. The summed E-state index contributed by atoms with van der Waals surface area (Å²) in [5.41, 5.74) is 0.634. The molecule has 0 unspecified atom stereocenters. The fourth-order valence-corrected chi connectivity index (χ4v) is 2.56. The van der Waals surface area contributed by atoms with Gasteiger partial charge in [-0.15, -0.1) is 0 Å². The van der Waals surface area contributed by atoms with Crippen molar-refractivity contribution in [3.8, 4) is 0 Å². The van der Waals surface area contributed by atoms with Crippen LogP contribution in [0.15, 0.2) is 36.5 Å². The van der Waals surface area contributed by atoms with Gasteiger partial charge in [0.15, 0.2) is 0 Å². The first-order valence-corrected chi connectivity index (χ1v) is 7.96. The Morgan fingerprint density at radius 1 is 1.20 bits per heavy atom. The molecule has 3 rings (SSSR count). The van der Waals surface area contributed by atoms with Crippen molar-refractivity contribution >= 4 is 18.3 Å². The van der Waals surface area contributed by atoms with Crippen LogP contribution in [0.5, 0.6) is 0 Å². The van der Waals surface area contributed by atoms with E-state index in [9.17, 15) is 14.0 Å². The summed E-state index contributed by atoms with van der Waals surface area (Å²) in [4.78, 5) is 35.1. The van der Waals surface area contributed by atoms with Crippen molar-refractivity contribution in [2.45, 2.75) is 6.54 Å². The lowest BCUT2D eigenvalue weighted by molar-refractivity contribution is -0.118. The monoisotopic (exact) mass is 343 g/mol. The van der Waals surface area contributed by atoms with Crippen LogP contribution in [0.3, 0.4) is 0 Å². The summed E-state index contributed by atoms with van der Waals surface area (Å²) in [6.07, 6.45) is 2.34. The highest BCUT2D eigenvalue weighted by Gasteiger charge is 2.19. The molecule has 1 saturated heterocycles. The zero-order valence-electron chi connectivity index (χ0n) is 13.6. The first-order valence-electron chi connectivity index (χ1n) is 7.96. The molecule has 0 radical (unpaired) electrons. The molecule has 130 valence electrons. The Morgan fingerprint density at radius 3 is 2.68 bits per heavy atom. The molecule has 1 aliphatic heterocycles. The Labute approximate surface area is 144 Å². The summed E-state index contributed by atoms with van der Waals surface area (Å²) in [5.74, 6) is -0.304. The number of nitrogens with zero attached hydrogens (tertiary/aromatic N) is 4. The van der Waals surface area contributed by atoms with Gasteiger partial charge in [0, 0.05) is 44.5 Å². The molecule has 1 fully saturated rings. The van der Waals surface area contributed by atoms with Crippen LogP contribution in [0.2, 0.25) is 0 Å². The van der Waals surface area contributed by atoms with E-state index in [1.54, 1.807) is 23.1 Å². The van der Waals surface area contributed by atoms with Crippen LogP contribution in [0.4, 0.5) is 10.3 Å². The number of aromatic nitrogens is 2. The fraction of sp³-hybridized carbons (Fsp3) is 0.294. The van der Waals surface area contributed by atoms with Gasteiger partial charge in [0.1, 0.15) is 11.5 Å². The SMILES string of the molecule is O=CN1CCN(c2nccc(C(=O)NCc3ccccc3F)n2)CC1. The first-order chi connectivity index (χ1) is 12.2. The number of hydrogen-bond acceptors (Lipinski definition) is 5. The standard InChI is InChI=1S/C17H18FN5O2/c18-14-4-2-1-3-13(14)11-20-16(25)15-5-6-19-17(21-15)23-9-7-22(12-24)8-10-23/h1-6,12H,7-11H2,(H,20,25). The molecule has 2 heterocycles. The van der Waals surface area contributed by atoms with Gasteiger partial charge < -0.3 is 15.1 Å². The minimum absolute atomic E-state index is 0.0862. The van der Waals surface area contributed by atoms with E-state index in [0.717, 1.165) is 6.41 Å². The van der Waals surface area contributed by atoms with Crippen LogP contribution in [0.25, 0.3) is 0 Å². The number of hydrogen-bond donors (Lipinski definition) is 1. The van der Waals surface area contributed by atoms with Crippen LogP contribution < -0.4 is 10.2 Å². The molecule has 2 amide bonds. The van der Waals surface area contributed by atoms with E-state index < -0.39 is 5.91 Å². The van der Waals surface area contributed by atoms with Gasteiger partial charge in [-0.25, -0.2) is 14.4 Å². The highest BCUT2D eigenvalue weighted by atomic mass is 19.1. The zero-order chi connectivity index (χ0) is 17.6. The molecule has 1 N–H and O–H groups in total. The third-order valence-electron chi connectivity index (χ3n) is 4.02. The molecule has 2 aromatic rings. The van der Waals surface area contributed by atoms with Gasteiger partial charge in [-0.3, -0.25) is 9.59 Å². The van der Waals surface area contributed by atoms with Gasteiger partial charge in [0.25, 0.3) is 5.91 Å². The number of piperazine rings is 1. The maximum absolute atomic E-state index is 13.6. The second kappa shape index (κ2) is 7.69. The third kappa shape index (κ3) is 4.09. The van der Waals surface area contributed by atoms with Gasteiger partial charge >= 0.3 is 0 Å². The molecular weight excluding hydrogens is 325 g/mol. The van der Waals surface area contributed by atoms with Crippen molar-refractivity contribution in [1.82, 2.24) is 20.2 Å². The first kappa shape index (κ1) is 16.8. The smallest absolute Gasteiger partial charge is 0.270 e. The summed E-state index contributed by atoms with van der Waals surface area (Å²) in [6.45, 7) is 2.49. The topological polar surface area (TPSA) is 78.4 Å². The molecule has 0 spiro atoms. The van der Waals surface area contributed by atoms with Gasteiger partial charge in [0.2, 0.25) is 12.4 Å². The largest absolute Gasteiger partial charge is 0.347 e. The average Bonchev–Trinajstić information content (AvgIpc) is 2.67. The number of halogens is 1. The van der Waals surface area contributed by atoms with Crippen molar-refractivity contribution in [3.63, 3.8) is 0 Å². The number of rotatable bonds is 5. The predicted molar refractivity (Wildman–Crippen MR) is 89.5 cm³/mol. The van der Waals surface area contributed by atoms with E-state index >= 15 is 0 Å². The maximum Gasteiger partial charge on any atom is 0.270 e. The lowest BCUT2D eigenvalue weighted by Crippen LogP contribution is -2.46. The molecule has 1 aromatic heterocycles. The number of amides is 2. The second-order valence-electron chi connectivity index (χ2n) is 5.64. The number of carbonyl (C=O) groups excluding carboxylic acids is 2. The van der Waals surface area contributed by atoms with E-state index in [2.05, 4.69) is 15.3 Å². The molecule has 0 bridgehead atoms. The van der Waals surface area contributed by atoms with Crippen LogP contribution in [-0.2, 0) is 11.3 Å². The number of carbonyl (C=O) groups is 2. The van der Waals surface area contributed by atoms with E-state index in [1.807, 2.05) is 4.90 Å². The lowest BCUT2D eigenvalue weighted by Gasteiger charge is -2.32. The van der Waals surface area contributed by atoms with Crippen LogP contribution >= 0.6 is 0 Å². The number of anilines is 1. The Balaban J connectivity index is 1.64. The van der Waals surface area contributed by atoms with Crippen LogP contribution in [0.1, 0.15) is 16.1 Å². The van der Waals surface area contributed by atoms with Crippen molar-refractivity contribution in [3.05, 3.63) is 53.6 Å². The Morgan fingerprint density at radius 2 is 1.96 bits per heavy atom. The van der Waals surface area contributed by atoms with Crippen LogP contribution in [0, 0.1) is 5.82 Å². The van der Waals surface area contributed by atoms with Gasteiger partial charge in [-0.1, -0.05) is 18.2 Å². The second-order valence-corrected chi connectivity index (χ2v) is 5.64. The van der Waals surface area contributed by atoms with Crippen molar-refractivity contribution in [1.29, 1.82) is 0 Å². The molecule has 0 saturated carbocycles. The fourth-order valence-electron chi connectivity index (χ4n) is 2.56. The molecular formula is C17H18FN5O2. The van der Waals surface area contributed by atoms with E-state index in [1.165, 1.54) is 18.3 Å². The summed E-state index contributed by atoms with van der Waals surface area (Å²) < 4.78 is 13.6. The summed E-state index contributed by atoms with van der Waals surface area (Å²) >= 11 is 0. The highest BCUT2D eigenvalue weighted by Crippen LogP contribution is 2.11. The third-order valence-corrected chi connectivity index (χ3v) is 4.02. The van der Waals surface area contributed by atoms with Crippen molar-refractivity contribution < 1.29 is 14.0 Å². The lowest BCUT2D eigenvalue weighted by atomic mass is 10.2. The summed E-state index contributed by atoms with van der Waals surface area (Å²) in [7, 11) is 0. The highest BCUT2D eigenvalue weighted by molar-refractivity contribution is 5.92. The minimum Gasteiger partial charge on any atom is -0.347 e. The van der Waals surface area contributed by atoms with Gasteiger partial charge in [-0.2, -0.15) is 0 Å². The minimum atomic E-state index is -0.390. The molecule has 0 atom stereocenters. The normalized spacial score (nSPS) is 14.3. The van der Waals surface area contributed by atoms with Gasteiger partial charge in [-0.05, 0) is 12.1 Å². The Kier molecular flexibility index (Phi) is 5.17. The van der Waals surface area contributed by atoms with Crippen LogP contribution in [-0.4, -0.2) is 53.4 Å². The Bertz CT molecular complexity index is 762. The number of benzene rings is 1.